The fourth-order valence-corrected chi connectivity index (χ4v) is 4.03. The van der Waals surface area contributed by atoms with Crippen molar-refractivity contribution < 1.29 is 22.7 Å². The fourth-order valence-electron chi connectivity index (χ4n) is 2.87. The monoisotopic (exact) mass is 406 g/mol. The highest BCUT2D eigenvalue weighted by atomic mass is 32.2. The van der Waals surface area contributed by atoms with Gasteiger partial charge in [0.25, 0.3) is 0 Å². The van der Waals surface area contributed by atoms with Crippen LogP contribution in [-0.2, 0) is 14.8 Å². The Kier molecular flexibility index (Phi) is 6.90. The third kappa shape index (κ3) is 5.16. The van der Waals surface area contributed by atoms with Gasteiger partial charge in [0.15, 0.2) is 0 Å². The summed E-state index contributed by atoms with van der Waals surface area (Å²) in [4.78, 5) is 12.8. The van der Waals surface area contributed by atoms with Gasteiger partial charge in [0.05, 0.1) is 32.2 Å². The Hall–Kier alpha value is -2.74. The van der Waals surface area contributed by atoms with Gasteiger partial charge in [-0.05, 0) is 43.7 Å². The molecule has 0 aromatic heterocycles. The normalized spacial score (nSPS) is 13.3. The number of hydrogen-bond acceptors (Lipinski definition) is 5. The summed E-state index contributed by atoms with van der Waals surface area (Å²) in [5, 5.41) is 2.87. The van der Waals surface area contributed by atoms with E-state index in [0.29, 0.717) is 11.4 Å². The van der Waals surface area contributed by atoms with Gasteiger partial charge in [0.2, 0.25) is 15.9 Å². The van der Waals surface area contributed by atoms with Crippen LogP contribution >= 0.6 is 0 Å². The number of hydrogen-bond donors (Lipinski definition) is 1. The van der Waals surface area contributed by atoms with Crippen LogP contribution in [-0.4, -0.2) is 40.8 Å². The van der Waals surface area contributed by atoms with E-state index in [-0.39, 0.29) is 6.04 Å². The zero-order valence-corrected chi connectivity index (χ0v) is 17.5. The maximum Gasteiger partial charge on any atom is 0.244 e. The van der Waals surface area contributed by atoms with Crippen molar-refractivity contribution in [3.05, 3.63) is 54.1 Å². The Morgan fingerprint density at radius 1 is 1.00 bits per heavy atom. The van der Waals surface area contributed by atoms with Gasteiger partial charge in [0.1, 0.15) is 17.5 Å². The number of ether oxygens (including phenoxy) is 2. The fraction of sp³-hybridized carbons (Fsp3) is 0.350. The quantitative estimate of drug-likeness (QED) is 0.729. The second-order valence-electron chi connectivity index (χ2n) is 6.44. The van der Waals surface area contributed by atoms with Crippen LogP contribution in [0.25, 0.3) is 0 Å². The number of nitrogens with zero attached hydrogens (tertiary/aromatic N) is 1. The van der Waals surface area contributed by atoms with Crippen LogP contribution in [0.4, 0.5) is 5.69 Å². The topological polar surface area (TPSA) is 84.9 Å². The molecule has 0 radical (unpaired) electrons. The van der Waals surface area contributed by atoms with Gasteiger partial charge in [-0.1, -0.05) is 18.2 Å². The summed E-state index contributed by atoms with van der Waals surface area (Å²) in [5.74, 6) is 0.818. The first-order chi connectivity index (χ1) is 13.2. The molecule has 0 bridgehead atoms. The number of sulfonamides is 1. The molecule has 28 heavy (non-hydrogen) atoms. The largest absolute Gasteiger partial charge is 0.497 e. The number of anilines is 1. The lowest BCUT2D eigenvalue weighted by Crippen LogP contribution is -2.48. The van der Waals surface area contributed by atoms with Crippen molar-refractivity contribution in [3.63, 3.8) is 0 Å². The molecule has 2 rings (SSSR count). The van der Waals surface area contributed by atoms with Crippen molar-refractivity contribution in [1.82, 2.24) is 5.32 Å². The van der Waals surface area contributed by atoms with Crippen molar-refractivity contribution in [2.45, 2.75) is 25.9 Å². The van der Waals surface area contributed by atoms with E-state index in [1.54, 1.807) is 50.4 Å². The molecule has 1 N–H and O–H groups in total. The smallest absolute Gasteiger partial charge is 0.244 e. The van der Waals surface area contributed by atoms with E-state index >= 15 is 0 Å². The summed E-state index contributed by atoms with van der Waals surface area (Å²) < 4.78 is 36.2. The van der Waals surface area contributed by atoms with Gasteiger partial charge < -0.3 is 14.8 Å². The third-order valence-electron chi connectivity index (χ3n) is 4.37. The van der Waals surface area contributed by atoms with Crippen molar-refractivity contribution in [1.29, 1.82) is 0 Å². The van der Waals surface area contributed by atoms with Crippen molar-refractivity contribution in [3.8, 4) is 11.5 Å². The second-order valence-corrected chi connectivity index (χ2v) is 8.30. The summed E-state index contributed by atoms with van der Waals surface area (Å²) in [6.45, 7) is 3.39. The van der Waals surface area contributed by atoms with Gasteiger partial charge in [0, 0.05) is 6.07 Å². The Morgan fingerprint density at radius 2 is 1.61 bits per heavy atom. The molecule has 152 valence electrons. The molecular weight excluding hydrogens is 380 g/mol. The first-order valence-electron chi connectivity index (χ1n) is 8.75. The number of carbonyl (C=O) groups excluding carboxylic acids is 1. The van der Waals surface area contributed by atoms with E-state index in [2.05, 4.69) is 5.32 Å². The third-order valence-corrected chi connectivity index (χ3v) is 5.61. The molecule has 0 fully saturated rings. The van der Waals surface area contributed by atoms with Gasteiger partial charge in [-0.15, -0.1) is 0 Å². The first kappa shape index (κ1) is 21.6. The van der Waals surface area contributed by atoms with Crippen LogP contribution in [0.3, 0.4) is 0 Å². The molecule has 0 spiro atoms. The summed E-state index contributed by atoms with van der Waals surface area (Å²) in [6, 6.07) is 12.7. The molecule has 0 aliphatic carbocycles. The van der Waals surface area contributed by atoms with Gasteiger partial charge >= 0.3 is 0 Å². The number of carbonyl (C=O) groups is 1. The average Bonchev–Trinajstić information content (AvgIpc) is 2.67. The molecular formula is C20H26N2O5S. The van der Waals surface area contributed by atoms with Crippen LogP contribution in [0.1, 0.15) is 25.5 Å². The molecule has 0 heterocycles. The van der Waals surface area contributed by atoms with Crippen LogP contribution < -0.4 is 19.1 Å². The van der Waals surface area contributed by atoms with Crippen LogP contribution in [0.15, 0.2) is 48.5 Å². The van der Waals surface area contributed by atoms with E-state index in [4.69, 9.17) is 9.47 Å². The average molecular weight is 407 g/mol. The van der Waals surface area contributed by atoms with Crippen molar-refractivity contribution in [2.24, 2.45) is 0 Å². The van der Waals surface area contributed by atoms with Crippen LogP contribution in [0.5, 0.6) is 11.5 Å². The Labute approximate surface area is 166 Å². The maximum absolute atomic E-state index is 12.8. The van der Waals surface area contributed by atoms with E-state index < -0.39 is 22.0 Å². The molecule has 0 saturated heterocycles. The van der Waals surface area contributed by atoms with Crippen molar-refractivity contribution >= 4 is 21.6 Å². The first-order valence-corrected chi connectivity index (χ1v) is 10.6. The Balaban J connectivity index is 2.23. The van der Waals surface area contributed by atoms with Crippen molar-refractivity contribution in [2.75, 3.05) is 24.8 Å². The summed E-state index contributed by atoms with van der Waals surface area (Å²) >= 11 is 0. The van der Waals surface area contributed by atoms with E-state index in [9.17, 15) is 13.2 Å². The molecule has 2 atom stereocenters. The lowest BCUT2D eigenvalue weighted by Gasteiger charge is -2.29. The van der Waals surface area contributed by atoms with Crippen LogP contribution in [0.2, 0.25) is 0 Å². The lowest BCUT2D eigenvalue weighted by molar-refractivity contribution is -0.122. The highest BCUT2D eigenvalue weighted by Gasteiger charge is 2.30. The summed E-state index contributed by atoms with van der Waals surface area (Å²) in [5.41, 5.74) is 1.25. The molecule has 8 heteroatoms. The molecule has 7 nitrogen and oxygen atoms in total. The standard InChI is InChI=1S/C20H26N2O5S/c1-14(16-9-11-18(26-3)12-10-16)21-20(23)15(2)22(28(5,24)25)17-7-6-8-19(13-17)27-4/h6-15H,1-5H3,(H,21,23)/t14-,15+/m1/s1. The minimum Gasteiger partial charge on any atom is -0.497 e. The SMILES string of the molecule is COc1ccc([C@@H](C)NC(=O)[C@H](C)N(c2cccc(OC)c2)S(C)(=O)=O)cc1. The second kappa shape index (κ2) is 8.97. The predicted octanol–water partition coefficient (Wildman–Crippen LogP) is 2.74. The summed E-state index contributed by atoms with van der Waals surface area (Å²) in [6.07, 6.45) is 1.07. The molecule has 0 unspecified atom stereocenters. The molecule has 0 aliphatic rings. The lowest BCUT2D eigenvalue weighted by atomic mass is 10.1. The van der Waals surface area contributed by atoms with E-state index in [0.717, 1.165) is 21.9 Å². The Bertz CT molecular complexity index is 912. The number of amides is 1. The molecule has 2 aromatic carbocycles. The van der Waals surface area contributed by atoms with Crippen LogP contribution in [0, 0.1) is 0 Å². The zero-order chi connectivity index (χ0) is 20.9. The number of benzene rings is 2. The predicted molar refractivity (Wildman–Crippen MR) is 109 cm³/mol. The number of methoxy groups -OCH3 is 2. The molecule has 0 saturated carbocycles. The molecule has 1 amide bonds. The zero-order valence-electron chi connectivity index (χ0n) is 16.7. The number of nitrogens with one attached hydrogen (secondary N) is 1. The highest BCUT2D eigenvalue weighted by molar-refractivity contribution is 7.92. The molecule has 2 aromatic rings. The minimum atomic E-state index is -3.70. The highest BCUT2D eigenvalue weighted by Crippen LogP contribution is 2.26. The van der Waals surface area contributed by atoms with E-state index in [1.165, 1.54) is 7.11 Å². The summed E-state index contributed by atoms with van der Waals surface area (Å²) in [7, 11) is -0.616. The Morgan fingerprint density at radius 3 is 2.14 bits per heavy atom. The maximum atomic E-state index is 12.8. The minimum absolute atomic E-state index is 0.299. The van der Waals surface area contributed by atoms with Gasteiger partial charge in [-0.25, -0.2) is 8.42 Å². The van der Waals surface area contributed by atoms with Gasteiger partial charge in [-0.2, -0.15) is 0 Å². The number of rotatable bonds is 8. The van der Waals surface area contributed by atoms with Gasteiger partial charge in [-0.3, -0.25) is 9.10 Å². The molecule has 0 aliphatic heterocycles. The van der Waals surface area contributed by atoms with E-state index in [1.807, 2.05) is 19.1 Å².